The van der Waals surface area contributed by atoms with Crippen molar-refractivity contribution >= 4 is 0 Å². The van der Waals surface area contributed by atoms with Crippen molar-refractivity contribution in [2.45, 2.75) is 39.3 Å². The molecule has 0 heterocycles. The molecule has 1 nitrogen and oxygen atoms in total. The van der Waals surface area contributed by atoms with Crippen LogP contribution in [0.1, 0.15) is 49.0 Å². The Morgan fingerprint density at radius 1 is 0.895 bits per heavy atom. The highest BCUT2D eigenvalue weighted by Crippen LogP contribution is 2.22. The minimum atomic E-state index is 0.366. The van der Waals surface area contributed by atoms with Crippen LogP contribution in [0.25, 0.3) is 0 Å². The normalized spacial score (nSPS) is 14.1. The van der Waals surface area contributed by atoms with Crippen molar-refractivity contribution in [1.82, 2.24) is 5.32 Å². The highest BCUT2D eigenvalue weighted by molar-refractivity contribution is 5.25. The Morgan fingerprint density at radius 2 is 1.53 bits per heavy atom. The van der Waals surface area contributed by atoms with Gasteiger partial charge >= 0.3 is 0 Å². The Morgan fingerprint density at radius 3 is 2.11 bits per heavy atom. The van der Waals surface area contributed by atoms with Crippen LogP contribution in [0.3, 0.4) is 0 Å². The minimum Gasteiger partial charge on any atom is -0.303 e. The molecule has 2 aromatic carbocycles. The fraction of sp³-hybridized carbons (Fsp3) is 0.333. The first kappa shape index (κ1) is 13.8. The molecule has 100 valence electrons. The van der Waals surface area contributed by atoms with Crippen LogP contribution in [0.5, 0.6) is 0 Å². The van der Waals surface area contributed by atoms with E-state index in [-0.39, 0.29) is 0 Å². The first-order valence-corrected chi connectivity index (χ1v) is 7.08. The SMILES string of the molecule is CCC(N[C@@H](C)c1ccc(C)cc1)c1ccccc1. The molecule has 0 radical (unpaired) electrons. The van der Waals surface area contributed by atoms with E-state index in [2.05, 4.69) is 80.7 Å². The van der Waals surface area contributed by atoms with Crippen LogP contribution in [0, 0.1) is 6.92 Å². The van der Waals surface area contributed by atoms with Gasteiger partial charge in [-0.25, -0.2) is 0 Å². The van der Waals surface area contributed by atoms with Gasteiger partial charge in [0, 0.05) is 12.1 Å². The summed E-state index contributed by atoms with van der Waals surface area (Å²) in [6.07, 6.45) is 1.10. The molecule has 0 aliphatic rings. The van der Waals surface area contributed by atoms with E-state index in [0.29, 0.717) is 12.1 Å². The van der Waals surface area contributed by atoms with E-state index < -0.39 is 0 Å². The van der Waals surface area contributed by atoms with Gasteiger partial charge in [0.15, 0.2) is 0 Å². The first-order chi connectivity index (χ1) is 9.20. The Labute approximate surface area is 116 Å². The highest BCUT2D eigenvalue weighted by Gasteiger charge is 2.13. The molecule has 0 saturated carbocycles. The average Bonchev–Trinajstić information content (AvgIpc) is 2.46. The molecular formula is C18H23N. The molecule has 2 aromatic rings. The number of rotatable bonds is 5. The third-order valence-electron chi connectivity index (χ3n) is 3.64. The zero-order valence-corrected chi connectivity index (χ0v) is 12.1. The molecule has 0 saturated heterocycles. The van der Waals surface area contributed by atoms with Gasteiger partial charge < -0.3 is 5.32 Å². The maximum absolute atomic E-state index is 3.72. The van der Waals surface area contributed by atoms with E-state index in [1.807, 2.05) is 0 Å². The van der Waals surface area contributed by atoms with Gasteiger partial charge in [-0.3, -0.25) is 0 Å². The zero-order chi connectivity index (χ0) is 13.7. The Balaban J connectivity index is 2.08. The summed E-state index contributed by atoms with van der Waals surface area (Å²) in [6, 6.07) is 20.2. The van der Waals surface area contributed by atoms with Gasteiger partial charge in [-0.05, 0) is 31.4 Å². The third kappa shape index (κ3) is 3.68. The fourth-order valence-corrected chi connectivity index (χ4v) is 2.39. The van der Waals surface area contributed by atoms with Gasteiger partial charge in [0.25, 0.3) is 0 Å². The smallest absolute Gasteiger partial charge is 0.0323 e. The summed E-state index contributed by atoms with van der Waals surface area (Å²) in [5.74, 6) is 0. The Kier molecular flexibility index (Phi) is 4.75. The Bertz CT molecular complexity index is 487. The molecule has 0 bridgehead atoms. The van der Waals surface area contributed by atoms with Gasteiger partial charge in [0.1, 0.15) is 0 Å². The number of hydrogen-bond acceptors (Lipinski definition) is 1. The Hall–Kier alpha value is -1.60. The van der Waals surface area contributed by atoms with Gasteiger partial charge in [0.05, 0.1) is 0 Å². The van der Waals surface area contributed by atoms with Crippen molar-refractivity contribution in [2.24, 2.45) is 0 Å². The van der Waals surface area contributed by atoms with Crippen molar-refractivity contribution in [3.05, 3.63) is 71.3 Å². The van der Waals surface area contributed by atoms with Crippen LogP contribution >= 0.6 is 0 Å². The summed E-state index contributed by atoms with van der Waals surface area (Å²) >= 11 is 0. The van der Waals surface area contributed by atoms with Crippen LogP contribution in [-0.2, 0) is 0 Å². The molecule has 2 rings (SSSR count). The maximum Gasteiger partial charge on any atom is 0.0323 e. The molecule has 0 aliphatic heterocycles. The molecule has 0 aromatic heterocycles. The van der Waals surface area contributed by atoms with Crippen LogP contribution in [-0.4, -0.2) is 0 Å². The summed E-state index contributed by atoms with van der Waals surface area (Å²) in [5, 5.41) is 3.72. The maximum atomic E-state index is 3.72. The highest BCUT2D eigenvalue weighted by atomic mass is 14.9. The standard InChI is InChI=1S/C18H23N/c1-4-18(17-8-6-5-7-9-17)19-15(3)16-12-10-14(2)11-13-16/h5-13,15,18-19H,4H2,1-3H3/t15-,18?/m0/s1. The van der Waals surface area contributed by atoms with Crippen LogP contribution in [0.2, 0.25) is 0 Å². The van der Waals surface area contributed by atoms with Crippen molar-refractivity contribution < 1.29 is 0 Å². The molecule has 2 atom stereocenters. The van der Waals surface area contributed by atoms with Crippen molar-refractivity contribution in [3.63, 3.8) is 0 Å². The molecule has 0 amide bonds. The van der Waals surface area contributed by atoms with Crippen LogP contribution in [0.15, 0.2) is 54.6 Å². The van der Waals surface area contributed by atoms with Crippen molar-refractivity contribution in [1.29, 1.82) is 0 Å². The molecule has 0 spiro atoms. The van der Waals surface area contributed by atoms with E-state index in [0.717, 1.165) is 6.42 Å². The lowest BCUT2D eigenvalue weighted by Gasteiger charge is -2.23. The molecule has 1 N–H and O–H groups in total. The van der Waals surface area contributed by atoms with E-state index >= 15 is 0 Å². The number of aryl methyl sites for hydroxylation is 1. The van der Waals surface area contributed by atoms with E-state index in [1.165, 1.54) is 16.7 Å². The second-order valence-corrected chi connectivity index (χ2v) is 5.17. The summed E-state index contributed by atoms with van der Waals surface area (Å²) in [4.78, 5) is 0. The molecule has 19 heavy (non-hydrogen) atoms. The number of benzene rings is 2. The largest absolute Gasteiger partial charge is 0.303 e. The summed E-state index contributed by atoms with van der Waals surface area (Å²) in [5.41, 5.74) is 4.02. The second-order valence-electron chi connectivity index (χ2n) is 5.17. The van der Waals surface area contributed by atoms with Crippen LogP contribution < -0.4 is 5.32 Å². The fourth-order valence-electron chi connectivity index (χ4n) is 2.39. The minimum absolute atomic E-state index is 0.366. The summed E-state index contributed by atoms with van der Waals surface area (Å²) < 4.78 is 0. The third-order valence-corrected chi connectivity index (χ3v) is 3.64. The average molecular weight is 253 g/mol. The zero-order valence-electron chi connectivity index (χ0n) is 12.1. The predicted molar refractivity (Wildman–Crippen MR) is 82.2 cm³/mol. The number of nitrogens with one attached hydrogen (secondary N) is 1. The summed E-state index contributed by atoms with van der Waals surface area (Å²) in [7, 11) is 0. The second kappa shape index (κ2) is 6.53. The molecule has 0 aliphatic carbocycles. The number of hydrogen-bond donors (Lipinski definition) is 1. The predicted octanol–water partition coefficient (Wildman–Crippen LogP) is 4.80. The monoisotopic (exact) mass is 253 g/mol. The molecule has 1 unspecified atom stereocenters. The topological polar surface area (TPSA) is 12.0 Å². The lowest BCUT2D eigenvalue weighted by molar-refractivity contribution is 0.456. The van der Waals surface area contributed by atoms with Gasteiger partial charge in [-0.2, -0.15) is 0 Å². The van der Waals surface area contributed by atoms with Gasteiger partial charge in [0.2, 0.25) is 0 Å². The lowest BCUT2D eigenvalue weighted by atomic mass is 10.0. The quantitative estimate of drug-likeness (QED) is 0.807. The van der Waals surface area contributed by atoms with Gasteiger partial charge in [-0.1, -0.05) is 67.1 Å². The van der Waals surface area contributed by atoms with E-state index in [9.17, 15) is 0 Å². The molecular weight excluding hydrogens is 230 g/mol. The molecule has 0 fully saturated rings. The van der Waals surface area contributed by atoms with Gasteiger partial charge in [-0.15, -0.1) is 0 Å². The van der Waals surface area contributed by atoms with Crippen LogP contribution in [0.4, 0.5) is 0 Å². The van der Waals surface area contributed by atoms with E-state index in [4.69, 9.17) is 0 Å². The summed E-state index contributed by atoms with van der Waals surface area (Å²) in [6.45, 7) is 6.59. The lowest BCUT2D eigenvalue weighted by Crippen LogP contribution is -2.24. The van der Waals surface area contributed by atoms with Crippen molar-refractivity contribution in [2.75, 3.05) is 0 Å². The van der Waals surface area contributed by atoms with Crippen molar-refractivity contribution in [3.8, 4) is 0 Å². The van der Waals surface area contributed by atoms with E-state index in [1.54, 1.807) is 0 Å². The molecule has 1 heteroatoms. The first-order valence-electron chi connectivity index (χ1n) is 7.08.